The predicted octanol–water partition coefficient (Wildman–Crippen LogP) is 0.225. The van der Waals surface area contributed by atoms with Crippen LogP contribution in [-0.4, -0.2) is 78.3 Å². The zero-order valence-corrected chi connectivity index (χ0v) is 13.8. The number of likely N-dealkylation sites (N-methyl/N-ethyl adjacent to an activating group) is 2. The minimum Gasteiger partial charge on any atom is -0.347 e. The summed E-state index contributed by atoms with van der Waals surface area (Å²) >= 11 is 1.55. The number of aryl methyl sites for hydroxylation is 1. The van der Waals surface area contributed by atoms with Crippen LogP contribution < -0.4 is 0 Å². The highest BCUT2D eigenvalue weighted by atomic mass is 32.1. The van der Waals surface area contributed by atoms with E-state index in [2.05, 4.69) is 4.98 Å². The lowest BCUT2D eigenvalue weighted by atomic mass is 10.1. The quantitative estimate of drug-likeness (QED) is 0.802. The van der Waals surface area contributed by atoms with Crippen molar-refractivity contribution in [2.75, 3.05) is 40.8 Å². The van der Waals surface area contributed by atoms with Crippen LogP contribution >= 0.6 is 11.3 Å². The summed E-state index contributed by atoms with van der Waals surface area (Å²) < 4.78 is 0. The molecule has 116 valence electrons. The van der Waals surface area contributed by atoms with Crippen LogP contribution in [0, 0.1) is 6.92 Å². The molecule has 0 radical (unpaired) electrons. The predicted molar refractivity (Wildman–Crippen MR) is 82.2 cm³/mol. The van der Waals surface area contributed by atoms with Crippen molar-refractivity contribution in [3.63, 3.8) is 0 Å². The number of thiazole rings is 1. The van der Waals surface area contributed by atoms with Crippen molar-refractivity contribution in [2.24, 2.45) is 0 Å². The molecule has 1 fully saturated rings. The summed E-state index contributed by atoms with van der Waals surface area (Å²) in [5.41, 5.74) is 0.817. The first-order valence-electron chi connectivity index (χ1n) is 6.98. The summed E-state index contributed by atoms with van der Waals surface area (Å²) in [6.07, 6.45) is 0.316. The molecule has 21 heavy (non-hydrogen) atoms. The lowest BCUT2D eigenvalue weighted by Gasteiger charge is -2.39. The number of hydrogen-bond acceptors (Lipinski definition) is 5. The summed E-state index contributed by atoms with van der Waals surface area (Å²) in [4.78, 5) is 34.2. The molecule has 0 aliphatic carbocycles. The molecule has 1 aliphatic heterocycles. The van der Waals surface area contributed by atoms with Crippen molar-refractivity contribution in [3.8, 4) is 0 Å². The first kappa shape index (κ1) is 15.9. The van der Waals surface area contributed by atoms with Gasteiger partial charge in [-0.25, -0.2) is 4.98 Å². The molecule has 1 atom stereocenters. The Hall–Kier alpha value is -1.47. The fourth-order valence-electron chi connectivity index (χ4n) is 2.42. The third-order valence-corrected chi connectivity index (χ3v) is 4.55. The first-order valence-corrected chi connectivity index (χ1v) is 7.86. The smallest absolute Gasteiger partial charge is 0.241 e. The third-order valence-electron chi connectivity index (χ3n) is 3.73. The van der Waals surface area contributed by atoms with E-state index >= 15 is 0 Å². The number of rotatable bonds is 3. The Labute approximate surface area is 129 Å². The Morgan fingerprint density at radius 2 is 2.14 bits per heavy atom. The van der Waals surface area contributed by atoms with Gasteiger partial charge in [0.05, 0.1) is 17.1 Å². The molecule has 7 heteroatoms. The number of amides is 2. The van der Waals surface area contributed by atoms with Gasteiger partial charge in [-0.15, -0.1) is 11.3 Å². The summed E-state index contributed by atoms with van der Waals surface area (Å²) in [6.45, 7) is 3.76. The van der Waals surface area contributed by atoms with Crippen LogP contribution in [0.4, 0.5) is 0 Å². The van der Waals surface area contributed by atoms with Gasteiger partial charge in [0.15, 0.2) is 0 Å². The van der Waals surface area contributed by atoms with Gasteiger partial charge in [0.1, 0.15) is 6.04 Å². The molecule has 0 bridgehead atoms. The molecular formula is C14H22N4O2S. The Morgan fingerprint density at radius 1 is 1.43 bits per heavy atom. The van der Waals surface area contributed by atoms with Gasteiger partial charge in [-0.05, 0) is 14.0 Å². The first-order chi connectivity index (χ1) is 9.88. The number of carbonyl (C=O) groups excluding carboxylic acids is 2. The van der Waals surface area contributed by atoms with E-state index in [0.717, 1.165) is 10.7 Å². The number of hydrogen-bond donors (Lipinski definition) is 0. The SMILES string of the molecule is Cc1nc(CC(=O)N2CCN(C)C(C(=O)N(C)C)C2)cs1. The van der Waals surface area contributed by atoms with Gasteiger partial charge in [0.2, 0.25) is 11.8 Å². The van der Waals surface area contributed by atoms with Crippen molar-refractivity contribution in [1.29, 1.82) is 0 Å². The molecule has 6 nitrogen and oxygen atoms in total. The van der Waals surface area contributed by atoms with Gasteiger partial charge in [-0.2, -0.15) is 0 Å². The highest BCUT2D eigenvalue weighted by molar-refractivity contribution is 7.09. The molecule has 1 aromatic heterocycles. The molecule has 0 saturated carbocycles. The van der Waals surface area contributed by atoms with Crippen LogP contribution in [0.2, 0.25) is 0 Å². The van der Waals surface area contributed by atoms with Crippen molar-refractivity contribution >= 4 is 23.2 Å². The molecule has 2 rings (SSSR count). The second-order valence-corrected chi connectivity index (χ2v) is 6.67. The molecule has 0 spiro atoms. The number of carbonyl (C=O) groups is 2. The average molecular weight is 310 g/mol. The average Bonchev–Trinajstić information content (AvgIpc) is 2.83. The van der Waals surface area contributed by atoms with E-state index in [1.807, 2.05) is 24.3 Å². The standard InChI is InChI=1S/C14H22N4O2S/c1-10-15-11(9-21-10)7-13(19)18-6-5-17(4)12(8-18)14(20)16(2)3/h9,12H,5-8H2,1-4H3. The zero-order valence-electron chi connectivity index (χ0n) is 13.0. The zero-order chi connectivity index (χ0) is 15.6. The highest BCUT2D eigenvalue weighted by Crippen LogP contribution is 2.13. The number of nitrogens with zero attached hydrogens (tertiary/aromatic N) is 4. The molecule has 1 unspecified atom stereocenters. The Balaban J connectivity index is 2.00. The Kier molecular flexibility index (Phi) is 4.95. The van der Waals surface area contributed by atoms with E-state index in [4.69, 9.17) is 0 Å². The Bertz CT molecular complexity index is 529. The maximum absolute atomic E-state index is 12.4. The van der Waals surface area contributed by atoms with E-state index in [1.54, 1.807) is 35.2 Å². The molecule has 2 amide bonds. The van der Waals surface area contributed by atoms with E-state index in [1.165, 1.54) is 0 Å². The van der Waals surface area contributed by atoms with Gasteiger partial charge >= 0.3 is 0 Å². The fraction of sp³-hybridized carbons (Fsp3) is 0.643. The van der Waals surface area contributed by atoms with Crippen LogP contribution in [0.15, 0.2) is 5.38 Å². The largest absolute Gasteiger partial charge is 0.347 e. The third kappa shape index (κ3) is 3.79. The van der Waals surface area contributed by atoms with E-state index in [-0.39, 0.29) is 17.9 Å². The molecule has 1 aliphatic rings. The summed E-state index contributed by atoms with van der Waals surface area (Å²) in [7, 11) is 5.42. The van der Waals surface area contributed by atoms with Gasteiger partial charge in [-0.1, -0.05) is 0 Å². The van der Waals surface area contributed by atoms with Crippen LogP contribution in [-0.2, 0) is 16.0 Å². The van der Waals surface area contributed by atoms with Gasteiger partial charge in [0, 0.05) is 39.1 Å². The summed E-state index contributed by atoms with van der Waals surface area (Å²) in [5.74, 6) is 0.0875. The molecule has 1 saturated heterocycles. The van der Waals surface area contributed by atoms with Crippen LogP contribution in [0.1, 0.15) is 10.7 Å². The van der Waals surface area contributed by atoms with E-state index in [9.17, 15) is 9.59 Å². The topological polar surface area (TPSA) is 56.8 Å². The lowest BCUT2D eigenvalue weighted by Crippen LogP contribution is -2.58. The second-order valence-electron chi connectivity index (χ2n) is 5.60. The normalized spacial score (nSPS) is 19.6. The maximum Gasteiger partial charge on any atom is 0.241 e. The van der Waals surface area contributed by atoms with Gasteiger partial charge in [0.25, 0.3) is 0 Å². The van der Waals surface area contributed by atoms with Crippen LogP contribution in [0.3, 0.4) is 0 Å². The highest BCUT2D eigenvalue weighted by Gasteiger charge is 2.33. The fourth-order valence-corrected chi connectivity index (χ4v) is 3.03. The minimum atomic E-state index is -0.255. The second kappa shape index (κ2) is 6.53. The monoisotopic (exact) mass is 310 g/mol. The lowest BCUT2D eigenvalue weighted by molar-refractivity contribution is -0.141. The van der Waals surface area contributed by atoms with Crippen molar-refractivity contribution < 1.29 is 9.59 Å². The van der Waals surface area contributed by atoms with Crippen molar-refractivity contribution in [2.45, 2.75) is 19.4 Å². The van der Waals surface area contributed by atoms with E-state index in [0.29, 0.717) is 26.1 Å². The van der Waals surface area contributed by atoms with Gasteiger partial charge in [-0.3, -0.25) is 14.5 Å². The molecule has 0 N–H and O–H groups in total. The minimum absolute atomic E-state index is 0.0412. The van der Waals surface area contributed by atoms with Gasteiger partial charge < -0.3 is 9.80 Å². The molecule has 1 aromatic rings. The van der Waals surface area contributed by atoms with Crippen LogP contribution in [0.5, 0.6) is 0 Å². The molecule has 2 heterocycles. The summed E-state index contributed by atoms with van der Waals surface area (Å²) in [5, 5.41) is 2.89. The Morgan fingerprint density at radius 3 is 2.71 bits per heavy atom. The molecule has 0 aromatic carbocycles. The number of aromatic nitrogens is 1. The molecular weight excluding hydrogens is 288 g/mol. The van der Waals surface area contributed by atoms with Crippen LogP contribution in [0.25, 0.3) is 0 Å². The maximum atomic E-state index is 12.4. The number of piperazine rings is 1. The summed E-state index contributed by atoms with van der Waals surface area (Å²) in [6, 6.07) is -0.255. The van der Waals surface area contributed by atoms with Crippen molar-refractivity contribution in [3.05, 3.63) is 16.1 Å². The van der Waals surface area contributed by atoms with Crippen molar-refractivity contribution in [1.82, 2.24) is 19.7 Å². The van der Waals surface area contributed by atoms with E-state index < -0.39 is 0 Å².